The summed E-state index contributed by atoms with van der Waals surface area (Å²) in [5, 5.41) is 23.4. The zero-order valence-electron chi connectivity index (χ0n) is 45.1. The maximum Gasteiger partial charge on any atom is 0.305 e. The minimum atomic E-state index is -0.676. The Labute approximate surface area is 418 Å². The van der Waals surface area contributed by atoms with Crippen molar-refractivity contribution in [2.24, 2.45) is 0 Å². The number of unbranched alkanes of at least 4 members (excludes halogenated alkanes) is 41. The fourth-order valence-corrected chi connectivity index (χ4v) is 9.38. The third-order valence-electron chi connectivity index (χ3n) is 14.0. The number of esters is 1. The first-order valence-electron chi connectivity index (χ1n) is 30.1. The van der Waals surface area contributed by atoms with E-state index in [1.807, 2.05) is 0 Å². The highest BCUT2D eigenvalue weighted by Crippen LogP contribution is 2.18. The molecule has 0 rings (SSSR count). The summed E-state index contributed by atoms with van der Waals surface area (Å²) in [6, 6.07) is -0.555. The van der Waals surface area contributed by atoms with Crippen LogP contribution in [0.4, 0.5) is 0 Å². The van der Waals surface area contributed by atoms with Crippen molar-refractivity contribution in [3.8, 4) is 0 Å². The van der Waals surface area contributed by atoms with E-state index in [1.54, 1.807) is 0 Å². The molecule has 0 aromatic carbocycles. The molecule has 0 heterocycles. The Balaban J connectivity index is 3.46. The number of ether oxygens (including phenoxy) is 1. The SMILES string of the molecule is CCCCC/C=C\C/C=C\CCCCCCCC(=O)OCCCCCCCCCCCCCCC(=O)NC(CO)C(O)CCCCCCCCCCCCCCCCCCCCCCCCC. The molecule has 3 N–H and O–H groups in total. The van der Waals surface area contributed by atoms with Gasteiger partial charge in [0, 0.05) is 12.8 Å². The second kappa shape index (κ2) is 56.9. The first kappa shape index (κ1) is 65.3. The Kier molecular flexibility index (Phi) is 55.5. The van der Waals surface area contributed by atoms with Crippen LogP contribution in [0.2, 0.25) is 0 Å². The molecule has 6 heteroatoms. The Morgan fingerprint density at radius 1 is 0.418 bits per heavy atom. The van der Waals surface area contributed by atoms with Gasteiger partial charge in [0.05, 0.1) is 25.4 Å². The highest BCUT2D eigenvalue weighted by Gasteiger charge is 2.20. The zero-order valence-corrected chi connectivity index (χ0v) is 45.1. The van der Waals surface area contributed by atoms with Gasteiger partial charge in [0.2, 0.25) is 5.91 Å². The number of amides is 1. The number of aliphatic hydroxyl groups excluding tert-OH is 2. The first-order chi connectivity index (χ1) is 33.0. The zero-order chi connectivity index (χ0) is 48.6. The number of nitrogens with one attached hydrogen (secondary N) is 1. The minimum absolute atomic E-state index is 0.0222. The average molecular weight is 945 g/mol. The number of aliphatic hydroxyl groups is 2. The summed E-state index contributed by atoms with van der Waals surface area (Å²) >= 11 is 0. The number of carbonyl (C=O) groups excluding carboxylic acids is 2. The maximum atomic E-state index is 12.5. The molecule has 0 bridgehead atoms. The number of hydrogen-bond acceptors (Lipinski definition) is 5. The molecule has 2 unspecified atom stereocenters. The van der Waals surface area contributed by atoms with Crippen molar-refractivity contribution in [1.82, 2.24) is 5.32 Å². The molecule has 0 aromatic heterocycles. The summed E-state index contributed by atoms with van der Waals surface area (Å²) in [4.78, 5) is 24.6. The van der Waals surface area contributed by atoms with Gasteiger partial charge < -0.3 is 20.3 Å². The smallest absolute Gasteiger partial charge is 0.305 e. The monoisotopic (exact) mass is 944 g/mol. The predicted molar refractivity (Wildman–Crippen MR) is 292 cm³/mol. The summed E-state index contributed by atoms with van der Waals surface area (Å²) < 4.78 is 5.46. The molecule has 0 aromatic rings. The largest absolute Gasteiger partial charge is 0.466 e. The van der Waals surface area contributed by atoms with Crippen LogP contribution in [0.15, 0.2) is 24.3 Å². The van der Waals surface area contributed by atoms with Crippen LogP contribution < -0.4 is 5.32 Å². The second-order valence-corrected chi connectivity index (χ2v) is 20.7. The number of hydrogen-bond donors (Lipinski definition) is 3. The third-order valence-corrected chi connectivity index (χ3v) is 14.0. The average Bonchev–Trinajstić information content (AvgIpc) is 3.33. The van der Waals surface area contributed by atoms with E-state index >= 15 is 0 Å². The van der Waals surface area contributed by atoms with E-state index in [2.05, 4.69) is 43.5 Å². The second-order valence-electron chi connectivity index (χ2n) is 20.7. The van der Waals surface area contributed by atoms with Crippen LogP contribution in [0.5, 0.6) is 0 Å². The lowest BCUT2D eigenvalue weighted by Gasteiger charge is -2.22. The Morgan fingerprint density at radius 3 is 1.16 bits per heavy atom. The maximum absolute atomic E-state index is 12.5. The van der Waals surface area contributed by atoms with Crippen LogP contribution in [0.1, 0.15) is 328 Å². The van der Waals surface area contributed by atoms with Gasteiger partial charge in [-0.3, -0.25) is 9.59 Å². The summed E-state index contributed by atoms with van der Waals surface area (Å²) in [6.45, 7) is 4.91. The molecule has 0 aliphatic rings. The van der Waals surface area contributed by atoms with Crippen LogP contribution in [-0.2, 0) is 14.3 Å². The molecule has 67 heavy (non-hydrogen) atoms. The molecule has 0 aliphatic carbocycles. The first-order valence-corrected chi connectivity index (χ1v) is 30.1. The molecule has 0 spiro atoms. The van der Waals surface area contributed by atoms with Gasteiger partial charge in [-0.15, -0.1) is 0 Å². The molecule has 0 saturated carbocycles. The van der Waals surface area contributed by atoms with Crippen LogP contribution in [0.3, 0.4) is 0 Å². The summed E-state index contributed by atoms with van der Waals surface area (Å²) in [5.41, 5.74) is 0. The van der Waals surface area contributed by atoms with Crippen molar-refractivity contribution in [2.45, 2.75) is 341 Å². The highest BCUT2D eigenvalue weighted by atomic mass is 16.5. The lowest BCUT2D eigenvalue weighted by molar-refractivity contribution is -0.143. The molecule has 2 atom stereocenters. The van der Waals surface area contributed by atoms with Gasteiger partial charge >= 0.3 is 5.97 Å². The van der Waals surface area contributed by atoms with E-state index in [0.29, 0.717) is 25.9 Å². The van der Waals surface area contributed by atoms with E-state index in [9.17, 15) is 19.8 Å². The van der Waals surface area contributed by atoms with E-state index in [1.165, 1.54) is 225 Å². The van der Waals surface area contributed by atoms with Crippen molar-refractivity contribution in [3.63, 3.8) is 0 Å². The van der Waals surface area contributed by atoms with Crippen molar-refractivity contribution in [3.05, 3.63) is 24.3 Å². The Bertz CT molecular complexity index is 1040. The minimum Gasteiger partial charge on any atom is -0.466 e. The summed E-state index contributed by atoms with van der Waals surface area (Å²) in [5.74, 6) is -0.0704. The molecular formula is C61H117NO5. The molecule has 6 nitrogen and oxygen atoms in total. The molecule has 0 radical (unpaired) electrons. The highest BCUT2D eigenvalue weighted by molar-refractivity contribution is 5.76. The molecule has 0 aliphatic heterocycles. The van der Waals surface area contributed by atoms with Crippen molar-refractivity contribution in [2.75, 3.05) is 13.2 Å². The van der Waals surface area contributed by atoms with Gasteiger partial charge in [-0.25, -0.2) is 0 Å². The number of allylic oxidation sites excluding steroid dienone is 4. The standard InChI is InChI=1S/C61H117NO5/c1-3-5-7-9-11-13-15-17-19-20-21-22-23-24-25-26-28-29-33-37-41-45-49-53-59(64)58(57-63)62-60(65)54-50-46-42-38-34-31-32-36-40-44-48-52-56-67-61(66)55-51-47-43-39-35-30-27-18-16-14-12-10-8-6-4-2/h12,14,18,27,58-59,63-64H,3-11,13,15-17,19-26,28-57H2,1-2H3,(H,62,65)/b14-12-,27-18-. The lowest BCUT2D eigenvalue weighted by atomic mass is 10.0. The molecule has 1 amide bonds. The topological polar surface area (TPSA) is 95.9 Å². The summed E-state index contributed by atoms with van der Waals surface area (Å²) in [6.07, 6.45) is 68.8. The molecule has 0 fully saturated rings. The van der Waals surface area contributed by atoms with Crippen LogP contribution in [0, 0.1) is 0 Å². The number of rotatable bonds is 56. The van der Waals surface area contributed by atoms with Crippen molar-refractivity contribution >= 4 is 11.9 Å². The van der Waals surface area contributed by atoms with Gasteiger partial charge in [0.25, 0.3) is 0 Å². The third kappa shape index (κ3) is 53.5. The number of carbonyl (C=O) groups is 2. The van der Waals surface area contributed by atoms with Crippen LogP contribution in [0.25, 0.3) is 0 Å². The van der Waals surface area contributed by atoms with Gasteiger partial charge in [0.1, 0.15) is 0 Å². The van der Waals surface area contributed by atoms with Crippen LogP contribution >= 0.6 is 0 Å². The van der Waals surface area contributed by atoms with E-state index in [0.717, 1.165) is 70.6 Å². The molecule has 0 saturated heterocycles. The molecular weight excluding hydrogens is 827 g/mol. The van der Waals surface area contributed by atoms with Gasteiger partial charge in [0.15, 0.2) is 0 Å². The fourth-order valence-electron chi connectivity index (χ4n) is 9.38. The van der Waals surface area contributed by atoms with Crippen LogP contribution in [-0.4, -0.2) is 47.4 Å². The lowest BCUT2D eigenvalue weighted by Crippen LogP contribution is -2.45. The van der Waals surface area contributed by atoms with E-state index in [-0.39, 0.29) is 18.5 Å². The van der Waals surface area contributed by atoms with Gasteiger partial charge in [-0.1, -0.05) is 282 Å². The van der Waals surface area contributed by atoms with Gasteiger partial charge in [-0.2, -0.15) is 0 Å². The quantitative estimate of drug-likeness (QED) is 0.0321. The van der Waals surface area contributed by atoms with Crippen molar-refractivity contribution < 1.29 is 24.5 Å². The van der Waals surface area contributed by atoms with E-state index < -0.39 is 12.1 Å². The fraction of sp³-hybridized carbons (Fsp3) is 0.902. The van der Waals surface area contributed by atoms with Crippen molar-refractivity contribution in [1.29, 1.82) is 0 Å². The Hall–Kier alpha value is -1.66. The van der Waals surface area contributed by atoms with E-state index in [4.69, 9.17) is 4.74 Å². The summed E-state index contributed by atoms with van der Waals surface area (Å²) in [7, 11) is 0. The normalized spacial score (nSPS) is 12.7. The molecule has 396 valence electrons. The predicted octanol–water partition coefficient (Wildman–Crippen LogP) is 18.6. The Morgan fingerprint density at radius 2 is 0.746 bits per heavy atom. The van der Waals surface area contributed by atoms with Gasteiger partial charge in [-0.05, 0) is 57.8 Å².